The van der Waals surface area contributed by atoms with E-state index >= 15 is 0 Å². The number of nitrogens with two attached hydrogens (primary N) is 1. The van der Waals surface area contributed by atoms with Crippen molar-refractivity contribution in [2.75, 3.05) is 7.05 Å². The van der Waals surface area contributed by atoms with E-state index in [0.717, 1.165) is 22.4 Å². The van der Waals surface area contributed by atoms with Gasteiger partial charge in [0.25, 0.3) is 5.91 Å². The van der Waals surface area contributed by atoms with Gasteiger partial charge in [0.1, 0.15) is 5.82 Å². The molecule has 102 valence electrons. The number of fused-ring (bicyclic) bond motifs is 1. The first-order valence-electron chi connectivity index (χ1n) is 6.17. The molecule has 6 nitrogen and oxygen atoms in total. The zero-order chi connectivity index (χ0) is 14.0. The van der Waals surface area contributed by atoms with E-state index in [1.807, 2.05) is 36.7 Å². The van der Waals surface area contributed by atoms with Gasteiger partial charge in [-0.1, -0.05) is 6.07 Å². The Kier molecular flexibility index (Phi) is 3.82. The highest BCUT2D eigenvalue weighted by molar-refractivity contribution is 5.82. The average Bonchev–Trinajstić information content (AvgIpc) is 2.65. The minimum Gasteiger partial charge on any atom is -0.331 e. The minimum absolute atomic E-state index is 0.222. The first-order chi connectivity index (χ1) is 9.02. The van der Waals surface area contributed by atoms with Gasteiger partial charge in [0.05, 0.1) is 17.1 Å². The second-order valence-corrected chi connectivity index (χ2v) is 4.59. The van der Waals surface area contributed by atoms with Crippen LogP contribution in [0.3, 0.4) is 0 Å². The normalized spacial score (nSPS) is 12.6. The number of aromatic nitrogens is 2. The molecular weight excluding hydrogens is 242 g/mol. The first-order valence-corrected chi connectivity index (χ1v) is 6.17. The highest BCUT2D eigenvalue weighted by Gasteiger charge is 2.14. The van der Waals surface area contributed by atoms with Gasteiger partial charge in [-0.25, -0.2) is 10.4 Å². The van der Waals surface area contributed by atoms with Crippen LogP contribution in [0, 0.1) is 6.92 Å². The van der Waals surface area contributed by atoms with Crippen molar-refractivity contribution in [1.29, 1.82) is 0 Å². The summed E-state index contributed by atoms with van der Waals surface area (Å²) in [5.74, 6) is 0.740. The monoisotopic (exact) mass is 261 g/mol. The third-order valence-corrected chi connectivity index (χ3v) is 3.21. The molecule has 19 heavy (non-hydrogen) atoms. The van der Waals surface area contributed by atoms with Crippen LogP contribution in [0.15, 0.2) is 18.2 Å². The van der Waals surface area contributed by atoms with Crippen molar-refractivity contribution >= 4 is 16.9 Å². The summed E-state index contributed by atoms with van der Waals surface area (Å²) in [6.45, 7) is 1.96. The van der Waals surface area contributed by atoms with E-state index in [0.29, 0.717) is 6.42 Å². The first kappa shape index (κ1) is 13.5. The lowest BCUT2D eigenvalue weighted by Crippen LogP contribution is -2.46. The molecule has 0 saturated carbocycles. The van der Waals surface area contributed by atoms with Gasteiger partial charge in [0, 0.05) is 14.1 Å². The molecule has 0 saturated heterocycles. The highest BCUT2D eigenvalue weighted by Crippen LogP contribution is 2.17. The molecule has 0 aliphatic rings. The molecule has 2 rings (SSSR count). The van der Waals surface area contributed by atoms with E-state index in [1.54, 1.807) is 7.05 Å². The fraction of sp³-hybridized carbons (Fsp3) is 0.385. The number of hydrogen-bond acceptors (Lipinski definition) is 4. The molecular formula is C13H19N5O. The summed E-state index contributed by atoms with van der Waals surface area (Å²) >= 11 is 0. The summed E-state index contributed by atoms with van der Waals surface area (Å²) in [7, 11) is 3.61. The van der Waals surface area contributed by atoms with E-state index in [-0.39, 0.29) is 5.91 Å². The van der Waals surface area contributed by atoms with E-state index in [4.69, 9.17) is 5.73 Å². The van der Waals surface area contributed by atoms with Crippen molar-refractivity contribution in [3.8, 4) is 0 Å². The number of aryl methyl sites for hydroxylation is 2. The number of carbonyl (C=O) groups is 1. The molecule has 1 aromatic carbocycles. The van der Waals surface area contributed by atoms with Crippen LogP contribution in [-0.4, -0.2) is 28.5 Å². The van der Waals surface area contributed by atoms with Crippen LogP contribution in [-0.2, 0) is 18.3 Å². The summed E-state index contributed by atoms with van der Waals surface area (Å²) in [6, 6.07) is 5.40. The Bertz CT molecular complexity index is 604. The second-order valence-electron chi connectivity index (χ2n) is 4.59. The van der Waals surface area contributed by atoms with Crippen LogP contribution in [0.25, 0.3) is 11.0 Å². The molecule has 2 aromatic rings. The van der Waals surface area contributed by atoms with E-state index in [9.17, 15) is 4.79 Å². The van der Waals surface area contributed by atoms with Crippen molar-refractivity contribution in [3.63, 3.8) is 0 Å². The number of amides is 1. The molecule has 1 unspecified atom stereocenters. The summed E-state index contributed by atoms with van der Waals surface area (Å²) in [4.78, 5) is 16.0. The molecule has 0 bridgehead atoms. The number of imidazole rings is 1. The number of rotatable bonds is 4. The zero-order valence-electron chi connectivity index (χ0n) is 11.4. The maximum absolute atomic E-state index is 11.6. The quantitative estimate of drug-likeness (QED) is 0.676. The fourth-order valence-electron chi connectivity index (χ4n) is 2.06. The van der Waals surface area contributed by atoms with E-state index < -0.39 is 6.04 Å². The lowest BCUT2D eigenvalue weighted by Gasteiger charge is -2.11. The van der Waals surface area contributed by atoms with Crippen molar-refractivity contribution < 1.29 is 4.79 Å². The second kappa shape index (κ2) is 5.38. The minimum atomic E-state index is -0.574. The molecule has 1 heterocycles. The van der Waals surface area contributed by atoms with Gasteiger partial charge in [-0.15, -0.1) is 0 Å². The van der Waals surface area contributed by atoms with Crippen LogP contribution in [0.2, 0.25) is 0 Å². The number of hydrazine groups is 1. The molecule has 1 amide bonds. The van der Waals surface area contributed by atoms with Gasteiger partial charge in [0.15, 0.2) is 0 Å². The van der Waals surface area contributed by atoms with Gasteiger partial charge < -0.3 is 10.3 Å². The third kappa shape index (κ3) is 2.74. The Morgan fingerprint density at radius 2 is 2.26 bits per heavy atom. The Morgan fingerprint density at radius 3 is 2.95 bits per heavy atom. The summed E-state index contributed by atoms with van der Waals surface area (Å²) < 4.78 is 2.03. The van der Waals surface area contributed by atoms with Gasteiger partial charge in [-0.05, 0) is 31.0 Å². The number of benzene rings is 1. The SMILES string of the molecule is CNNC(=O)C(N)Cc1ccc2c(c1)nc(C)n2C. The topological polar surface area (TPSA) is 85.0 Å². The smallest absolute Gasteiger partial charge is 0.251 e. The summed E-state index contributed by atoms with van der Waals surface area (Å²) in [5, 5.41) is 0. The number of nitrogens with one attached hydrogen (secondary N) is 2. The van der Waals surface area contributed by atoms with Crippen molar-refractivity contribution in [1.82, 2.24) is 20.4 Å². The highest BCUT2D eigenvalue weighted by atomic mass is 16.2. The number of hydrogen-bond donors (Lipinski definition) is 3. The van der Waals surface area contributed by atoms with Crippen LogP contribution < -0.4 is 16.6 Å². The van der Waals surface area contributed by atoms with Gasteiger partial charge in [0.2, 0.25) is 0 Å². The maximum atomic E-state index is 11.6. The van der Waals surface area contributed by atoms with Crippen LogP contribution in [0.1, 0.15) is 11.4 Å². The zero-order valence-corrected chi connectivity index (χ0v) is 11.4. The lowest BCUT2D eigenvalue weighted by atomic mass is 10.1. The summed E-state index contributed by atoms with van der Waals surface area (Å²) in [6.07, 6.45) is 0.485. The Balaban J connectivity index is 2.20. The summed E-state index contributed by atoms with van der Waals surface area (Å²) in [5.41, 5.74) is 13.9. The molecule has 6 heteroatoms. The Hall–Kier alpha value is -1.92. The predicted octanol–water partition coefficient (Wildman–Crippen LogP) is 0.00212. The van der Waals surface area contributed by atoms with E-state index in [1.165, 1.54) is 0 Å². The molecule has 1 atom stereocenters. The molecule has 1 aromatic heterocycles. The van der Waals surface area contributed by atoms with Crippen LogP contribution in [0.4, 0.5) is 0 Å². The van der Waals surface area contributed by atoms with Crippen molar-refractivity contribution in [2.45, 2.75) is 19.4 Å². The van der Waals surface area contributed by atoms with Gasteiger partial charge >= 0.3 is 0 Å². The molecule has 0 radical (unpaired) electrons. The van der Waals surface area contributed by atoms with Crippen molar-refractivity contribution in [3.05, 3.63) is 29.6 Å². The van der Waals surface area contributed by atoms with Crippen LogP contribution in [0.5, 0.6) is 0 Å². The Labute approximate surface area is 112 Å². The average molecular weight is 261 g/mol. The standard InChI is InChI=1S/C13H19N5O/c1-8-16-11-7-9(4-5-12(11)18(8)3)6-10(14)13(19)17-15-2/h4-5,7,10,15H,6,14H2,1-3H3,(H,17,19). The van der Waals surface area contributed by atoms with Gasteiger partial charge in [-0.2, -0.15) is 0 Å². The molecule has 0 aliphatic heterocycles. The molecule has 0 aliphatic carbocycles. The molecule has 4 N–H and O–H groups in total. The lowest BCUT2D eigenvalue weighted by molar-refractivity contribution is -0.123. The Morgan fingerprint density at radius 1 is 1.53 bits per heavy atom. The van der Waals surface area contributed by atoms with Crippen molar-refractivity contribution in [2.24, 2.45) is 12.8 Å². The maximum Gasteiger partial charge on any atom is 0.251 e. The number of carbonyl (C=O) groups excluding carboxylic acids is 1. The fourth-order valence-corrected chi connectivity index (χ4v) is 2.06. The molecule has 0 spiro atoms. The predicted molar refractivity (Wildman–Crippen MR) is 74.3 cm³/mol. The van der Waals surface area contributed by atoms with E-state index in [2.05, 4.69) is 15.8 Å². The van der Waals surface area contributed by atoms with Gasteiger partial charge in [-0.3, -0.25) is 10.2 Å². The third-order valence-electron chi connectivity index (χ3n) is 3.21. The number of nitrogens with zero attached hydrogens (tertiary/aromatic N) is 2. The molecule has 0 fully saturated rings. The largest absolute Gasteiger partial charge is 0.331 e. The van der Waals surface area contributed by atoms with Crippen LogP contribution >= 0.6 is 0 Å².